The minimum Gasteiger partial charge on any atom is -0.466 e. The van der Waals surface area contributed by atoms with Crippen LogP contribution in [0, 0.1) is 0 Å². The number of hydrogen-bond acceptors (Lipinski definition) is 6. The Morgan fingerprint density at radius 1 is 1.47 bits per heavy atom. The highest BCUT2D eigenvalue weighted by Gasteiger charge is 2.03. The summed E-state index contributed by atoms with van der Waals surface area (Å²) in [7, 11) is 1.33. The van der Waals surface area contributed by atoms with E-state index in [0.29, 0.717) is 5.57 Å². The number of carbonyl (C=O) groups excluding carboxylic acids is 2. The first-order valence-electron chi connectivity index (χ1n) is 4.70. The second-order valence-electron chi connectivity index (χ2n) is 2.94. The van der Waals surface area contributed by atoms with Gasteiger partial charge in [0.2, 0.25) is 0 Å². The van der Waals surface area contributed by atoms with E-state index < -0.39 is 18.7 Å². The molecule has 1 atom stereocenters. The Labute approximate surface area is 100 Å². The molecule has 0 aromatic carbocycles. The first-order chi connectivity index (χ1) is 7.88. The molecule has 0 heterocycles. The second kappa shape index (κ2) is 10.8. The summed E-state index contributed by atoms with van der Waals surface area (Å²) >= 11 is 0. The largest absolute Gasteiger partial charge is 0.466 e. The number of ether oxygens (including phenoxy) is 2. The van der Waals surface area contributed by atoms with E-state index in [1.807, 2.05) is 0 Å². The average molecular weight is 246 g/mol. The van der Waals surface area contributed by atoms with Crippen LogP contribution < -0.4 is 0 Å². The van der Waals surface area contributed by atoms with Gasteiger partial charge in [0.15, 0.2) is 0 Å². The van der Waals surface area contributed by atoms with Gasteiger partial charge in [-0.1, -0.05) is 13.2 Å². The minimum absolute atomic E-state index is 0.193. The van der Waals surface area contributed by atoms with Gasteiger partial charge in [-0.25, -0.2) is 9.59 Å². The Kier molecular flexibility index (Phi) is 11.3. The number of esters is 2. The van der Waals surface area contributed by atoms with Crippen molar-refractivity contribution in [3.63, 3.8) is 0 Å². The van der Waals surface area contributed by atoms with Gasteiger partial charge in [-0.15, -0.1) is 0 Å². The molecule has 0 saturated carbocycles. The normalized spacial score (nSPS) is 10.4. The predicted molar refractivity (Wildman–Crippen MR) is 61.1 cm³/mol. The Balaban J connectivity index is 0. The zero-order valence-corrected chi connectivity index (χ0v) is 10.0. The summed E-state index contributed by atoms with van der Waals surface area (Å²) in [4.78, 5) is 20.5. The highest BCUT2D eigenvalue weighted by atomic mass is 16.5. The van der Waals surface area contributed by atoms with E-state index in [-0.39, 0.29) is 12.6 Å². The topological polar surface area (TPSA) is 93.1 Å². The number of rotatable bonds is 5. The molecule has 0 rings (SSSR count). The molecule has 0 aromatic heterocycles. The van der Waals surface area contributed by atoms with Crippen molar-refractivity contribution >= 4 is 11.9 Å². The lowest BCUT2D eigenvalue weighted by Crippen LogP contribution is -2.21. The van der Waals surface area contributed by atoms with Gasteiger partial charge in [-0.3, -0.25) is 0 Å². The molecule has 98 valence electrons. The molecule has 0 amide bonds. The minimum atomic E-state index is -0.996. The average Bonchev–Trinajstić information content (AvgIpc) is 2.34. The van der Waals surface area contributed by atoms with Crippen molar-refractivity contribution in [3.8, 4) is 0 Å². The van der Waals surface area contributed by atoms with Crippen molar-refractivity contribution in [2.24, 2.45) is 0 Å². The third kappa shape index (κ3) is 12.3. The molecule has 0 aromatic rings. The van der Waals surface area contributed by atoms with Crippen molar-refractivity contribution < 1.29 is 29.3 Å². The van der Waals surface area contributed by atoms with Gasteiger partial charge in [0, 0.05) is 11.6 Å². The Bertz CT molecular complexity index is 271. The van der Waals surface area contributed by atoms with Crippen molar-refractivity contribution in [3.05, 3.63) is 24.8 Å². The third-order valence-corrected chi connectivity index (χ3v) is 1.33. The molecule has 0 bridgehead atoms. The summed E-state index contributed by atoms with van der Waals surface area (Å²) in [6.07, 6.45) is -0.00622. The fraction of sp³-hybridized carbons (Fsp3) is 0.455. The molecule has 6 heteroatoms. The number of hydrogen-bond donors (Lipinski definition) is 2. The maximum absolute atomic E-state index is 10.3. The van der Waals surface area contributed by atoms with E-state index in [1.54, 1.807) is 6.92 Å². The molecule has 0 fully saturated rings. The van der Waals surface area contributed by atoms with Crippen molar-refractivity contribution in [2.45, 2.75) is 13.0 Å². The number of methoxy groups -OCH3 is 1. The first kappa shape index (κ1) is 17.7. The molecular weight excluding hydrogens is 228 g/mol. The maximum Gasteiger partial charge on any atom is 0.332 e. The van der Waals surface area contributed by atoms with E-state index in [2.05, 4.69) is 22.6 Å². The van der Waals surface area contributed by atoms with Crippen LogP contribution in [0.2, 0.25) is 0 Å². The summed E-state index contributed by atoms with van der Waals surface area (Å²) < 4.78 is 8.65. The molecule has 0 spiro atoms. The highest BCUT2D eigenvalue weighted by molar-refractivity contribution is 5.86. The molecular formula is C11H18O6. The van der Waals surface area contributed by atoms with E-state index in [9.17, 15) is 9.59 Å². The molecule has 2 N–H and O–H groups in total. The molecule has 0 radical (unpaired) electrons. The van der Waals surface area contributed by atoms with Crippen LogP contribution >= 0.6 is 0 Å². The van der Waals surface area contributed by atoms with Crippen LogP contribution in [0.4, 0.5) is 0 Å². The zero-order valence-electron chi connectivity index (χ0n) is 10.0. The molecule has 0 aliphatic heterocycles. The van der Waals surface area contributed by atoms with Gasteiger partial charge < -0.3 is 19.7 Å². The summed E-state index contributed by atoms with van der Waals surface area (Å²) in [5, 5.41) is 16.9. The van der Waals surface area contributed by atoms with Crippen LogP contribution in [0.5, 0.6) is 0 Å². The van der Waals surface area contributed by atoms with Crippen molar-refractivity contribution in [1.29, 1.82) is 0 Å². The summed E-state index contributed by atoms with van der Waals surface area (Å²) in [6.45, 7) is 7.49. The van der Waals surface area contributed by atoms with E-state index in [1.165, 1.54) is 7.11 Å². The Morgan fingerprint density at radius 3 is 2.24 bits per heavy atom. The third-order valence-electron chi connectivity index (χ3n) is 1.33. The van der Waals surface area contributed by atoms with Crippen LogP contribution in [0.1, 0.15) is 6.92 Å². The van der Waals surface area contributed by atoms with E-state index in [0.717, 1.165) is 6.08 Å². The Hall–Kier alpha value is -1.66. The summed E-state index contributed by atoms with van der Waals surface area (Å²) in [6, 6.07) is 0. The smallest absolute Gasteiger partial charge is 0.332 e. The molecule has 0 aliphatic rings. The lowest BCUT2D eigenvalue weighted by Gasteiger charge is -2.05. The molecule has 0 aliphatic carbocycles. The predicted octanol–water partition coefficient (Wildman–Crippen LogP) is -0.196. The quantitative estimate of drug-likeness (QED) is 0.515. The molecule has 17 heavy (non-hydrogen) atoms. The van der Waals surface area contributed by atoms with Crippen LogP contribution in [-0.2, 0) is 19.1 Å². The van der Waals surface area contributed by atoms with Crippen molar-refractivity contribution in [2.75, 3.05) is 20.3 Å². The van der Waals surface area contributed by atoms with Crippen LogP contribution in [0.15, 0.2) is 24.8 Å². The van der Waals surface area contributed by atoms with E-state index in [4.69, 9.17) is 10.2 Å². The van der Waals surface area contributed by atoms with Gasteiger partial charge in [-0.2, -0.15) is 0 Å². The number of aliphatic hydroxyl groups excluding tert-OH is 2. The summed E-state index contributed by atoms with van der Waals surface area (Å²) in [5.74, 6) is -0.951. The van der Waals surface area contributed by atoms with Gasteiger partial charge in [-0.05, 0) is 6.92 Å². The van der Waals surface area contributed by atoms with Crippen LogP contribution in [0.3, 0.4) is 0 Å². The first-order valence-corrected chi connectivity index (χ1v) is 4.70. The van der Waals surface area contributed by atoms with Crippen LogP contribution in [0.25, 0.3) is 0 Å². The standard InChI is InChI=1S/C6H10O4.C5H8O2/c1-2-6(9)10-4-5(8)3-7;1-4(2)5(6)7-3/h2,5,7-8H,1,3-4H2;1H2,2-3H3. The Morgan fingerprint density at radius 2 is 2.00 bits per heavy atom. The molecule has 1 unspecified atom stereocenters. The van der Waals surface area contributed by atoms with Gasteiger partial charge >= 0.3 is 11.9 Å². The SMILES string of the molecule is C=C(C)C(=O)OC.C=CC(=O)OCC(O)CO. The number of carbonyl (C=O) groups is 2. The van der Waals surface area contributed by atoms with Gasteiger partial charge in [0.05, 0.1) is 13.7 Å². The fourth-order valence-electron chi connectivity index (χ4n) is 0.464. The lowest BCUT2D eigenvalue weighted by atomic mass is 10.4. The van der Waals surface area contributed by atoms with Crippen molar-refractivity contribution in [1.82, 2.24) is 0 Å². The zero-order chi connectivity index (χ0) is 13.8. The second-order valence-corrected chi connectivity index (χ2v) is 2.94. The lowest BCUT2D eigenvalue weighted by molar-refractivity contribution is -0.141. The fourth-order valence-corrected chi connectivity index (χ4v) is 0.464. The molecule has 0 saturated heterocycles. The van der Waals surface area contributed by atoms with Crippen LogP contribution in [-0.4, -0.2) is 48.6 Å². The summed E-state index contributed by atoms with van der Waals surface area (Å²) in [5.41, 5.74) is 0.433. The molecule has 6 nitrogen and oxygen atoms in total. The van der Waals surface area contributed by atoms with Gasteiger partial charge in [0.25, 0.3) is 0 Å². The van der Waals surface area contributed by atoms with Gasteiger partial charge in [0.1, 0.15) is 12.7 Å². The maximum atomic E-state index is 10.3. The number of aliphatic hydroxyl groups is 2. The highest BCUT2D eigenvalue weighted by Crippen LogP contribution is 1.87. The monoisotopic (exact) mass is 246 g/mol. The van der Waals surface area contributed by atoms with E-state index >= 15 is 0 Å².